The minimum absolute atomic E-state index is 0.147. The molecule has 0 radical (unpaired) electrons. The molecule has 0 aliphatic heterocycles. The van der Waals surface area contributed by atoms with Crippen LogP contribution in [-0.2, 0) is 0 Å². The molecule has 1 unspecified atom stereocenters. The van der Waals surface area contributed by atoms with E-state index in [1.165, 1.54) is 6.42 Å². The highest BCUT2D eigenvalue weighted by Crippen LogP contribution is 2.15. The lowest BCUT2D eigenvalue weighted by Gasteiger charge is -2.32. The summed E-state index contributed by atoms with van der Waals surface area (Å²) in [5.41, 5.74) is 5.99. The Bertz CT molecular complexity index is 136. The Balaban J connectivity index is 3.74. The van der Waals surface area contributed by atoms with Gasteiger partial charge in [0.1, 0.15) is 0 Å². The lowest BCUT2D eigenvalue weighted by Crippen LogP contribution is -2.51. The molecule has 0 heterocycles. The minimum atomic E-state index is 0.147. The highest BCUT2D eigenvalue weighted by Gasteiger charge is 2.23. The molecular weight excluding hydrogens is 188 g/mol. The lowest BCUT2D eigenvalue weighted by atomic mass is 9.90. The molecule has 0 aromatic rings. The van der Waals surface area contributed by atoms with Gasteiger partial charge in [-0.15, -0.1) is 0 Å². The van der Waals surface area contributed by atoms with E-state index in [1.54, 1.807) is 0 Å². The summed E-state index contributed by atoms with van der Waals surface area (Å²) in [7, 11) is 0. The number of rotatable bonds is 10. The Hall–Kier alpha value is -0.120. The molecule has 0 aromatic heterocycles. The van der Waals surface area contributed by atoms with E-state index < -0.39 is 0 Å². The number of hydrogen-bond donors (Lipinski definition) is 3. The van der Waals surface area contributed by atoms with Gasteiger partial charge in [0.05, 0.1) is 0 Å². The van der Waals surface area contributed by atoms with Crippen LogP contribution in [0, 0.1) is 0 Å². The van der Waals surface area contributed by atoms with Crippen LogP contribution in [0.1, 0.15) is 52.4 Å². The summed E-state index contributed by atoms with van der Waals surface area (Å²) in [6.07, 6.45) is 6.56. The fourth-order valence-electron chi connectivity index (χ4n) is 1.95. The van der Waals surface area contributed by atoms with Crippen LogP contribution in [0.4, 0.5) is 0 Å². The van der Waals surface area contributed by atoms with E-state index in [0.717, 1.165) is 45.2 Å². The molecule has 0 spiro atoms. The van der Waals surface area contributed by atoms with E-state index in [1.807, 2.05) is 0 Å². The predicted octanol–water partition coefficient (Wildman–Crippen LogP) is 1.65. The molecule has 3 nitrogen and oxygen atoms in total. The molecular formula is C12H28N2O. The van der Waals surface area contributed by atoms with E-state index in [9.17, 15) is 0 Å². The second-order valence-electron chi connectivity index (χ2n) is 4.30. The summed E-state index contributed by atoms with van der Waals surface area (Å²) in [6.45, 7) is 6.45. The van der Waals surface area contributed by atoms with Gasteiger partial charge < -0.3 is 16.2 Å². The van der Waals surface area contributed by atoms with Crippen LogP contribution in [0.15, 0.2) is 0 Å². The van der Waals surface area contributed by atoms with Crippen LogP contribution in [0.25, 0.3) is 0 Å². The monoisotopic (exact) mass is 216 g/mol. The van der Waals surface area contributed by atoms with Crippen LogP contribution >= 0.6 is 0 Å². The van der Waals surface area contributed by atoms with Crippen molar-refractivity contribution in [2.75, 3.05) is 19.7 Å². The first-order chi connectivity index (χ1) is 7.24. The van der Waals surface area contributed by atoms with Gasteiger partial charge in [-0.05, 0) is 38.6 Å². The highest BCUT2D eigenvalue weighted by atomic mass is 16.2. The molecule has 4 N–H and O–H groups in total. The Morgan fingerprint density at radius 1 is 1.20 bits per heavy atom. The highest BCUT2D eigenvalue weighted by molar-refractivity contribution is 4.87. The van der Waals surface area contributed by atoms with E-state index in [-0.39, 0.29) is 5.54 Å². The summed E-state index contributed by atoms with van der Waals surface area (Å²) >= 11 is 0. The van der Waals surface area contributed by atoms with Gasteiger partial charge in [0, 0.05) is 18.7 Å². The second-order valence-corrected chi connectivity index (χ2v) is 4.30. The molecule has 0 amide bonds. The van der Waals surface area contributed by atoms with E-state index in [0.29, 0.717) is 6.61 Å². The van der Waals surface area contributed by atoms with Crippen molar-refractivity contribution in [1.82, 2.24) is 5.32 Å². The SMILES string of the molecule is CCCC(CC)(CN)NCCCCCO. The number of nitrogens with one attached hydrogen (secondary N) is 1. The standard InChI is InChI=1S/C12H28N2O/c1-3-8-12(4-2,11-13)14-9-6-5-7-10-15/h14-15H,3-11,13H2,1-2H3. The van der Waals surface area contributed by atoms with Crippen LogP contribution in [0.5, 0.6) is 0 Å². The average Bonchev–Trinajstić information content (AvgIpc) is 2.27. The van der Waals surface area contributed by atoms with Crippen molar-refractivity contribution in [2.24, 2.45) is 5.73 Å². The average molecular weight is 216 g/mol. The molecule has 0 aliphatic carbocycles. The summed E-state index contributed by atoms with van der Waals surface area (Å²) in [5.74, 6) is 0. The third kappa shape index (κ3) is 6.13. The topological polar surface area (TPSA) is 58.3 Å². The third-order valence-corrected chi connectivity index (χ3v) is 3.13. The van der Waals surface area contributed by atoms with Gasteiger partial charge >= 0.3 is 0 Å². The molecule has 92 valence electrons. The first kappa shape index (κ1) is 14.9. The lowest BCUT2D eigenvalue weighted by molar-refractivity contribution is 0.273. The fourth-order valence-corrected chi connectivity index (χ4v) is 1.95. The molecule has 0 bridgehead atoms. The van der Waals surface area contributed by atoms with Gasteiger partial charge in [0.2, 0.25) is 0 Å². The third-order valence-electron chi connectivity index (χ3n) is 3.13. The van der Waals surface area contributed by atoms with E-state index in [2.05, 4.69) is 19.2 Å². The van der Waals surface area contributed by atoms with Crippen LogP contribution in [0.3, 0.4) is 0 Å². The molecule has 0 saturated heterocycles. The van der Waals surface area contributed by atoms with Crippen molar-refractivity contribution in [3.05, 3.63) is 0 Å². The maximum absolute atomic E-state index is 8.66. The number of aliphatic hydroxyl groups excluding tert-OH is 1. The normalized spacial score (nSPS) is 15.2. The molecule has 0 rings (SSSR count). The molecule has 1 atom stereocenters. The van der Waals surface area contributed by atoms with Crippen molar-refractivity contribution >= 4 is 0 Å². The van der Waals surface area contributed by atoms with Crippen LogP contribution in [-0.4, -0.2) is 30.3 Å². The Kier molecular flexibility index (Phi) is 9.06. The van der Waals surface area contributed by atoms with Crippen molar-refractivity contribution in [3.63, 3.8) is 0 Å². The number of nitrogens with two attached hydrogens (primary N) is 1. The van der Waals surface area contributed by atoms with Gasteiger partial charge in [-0.1, -0.05) is 20.3 Å². The summed E-state index contributed by atoms with van der Waals surface area (Å²) < 4.78 is 0. The van der Waals surface area contributed by atoms with Gasteiger partial charge in [-0.25, -0.2) is 0 Å². The van der Waals surface area contributed by atoms with Gasteiger partial charge in [-0.2, -0.15) is 0 Å². The van der Waals surface area contributed by atoms with Gasteiger partial charge in [0.15, 0.2) is 0 Å². The maximum atomic E-state index is 8.66. The molecule has 0 fully saturated rings. The summed E-state index contributed by atoms with van der Waals surface area (Å²) in [5, 5.41) is 12.2. The zero-order valence-corrected chi connectivity index (χ0v) is 10.4. The molecule has 0 saturated carbocycles. The zero-order chi connectivity index (χ0) is 11.6. The summed E-state index contributed by atoms with van der Waals surface area (Å²) in [4.78, 5) is 0. The first-order valence-corrected chi connectivity index (χ1v) is 6.30. The van der Waals surface area contributed by atoms with Crippen molar-refractivity contribution in [1.29, 1.82) is 0 Å². The van der Waals surface area contributed by atoms with Crippen molar-refractivity contribution in [2.45, 2.75) is 57.9 Å². The van der Waals surface area contributed by atoms with Crippen molar-refractivity contribution in [3.8, 4) is 0 Å². The van der Waals surface area contributed by atoms with Crippen LogP contribution < -0.4 is 11.1 Å². The smallest absolute Gasteiger partial charge is 0.0431 e. The van der Waals surface area contributed by atoms with Crippen molar-refractivity contribution < 1.29 is 5.11 Å². The molecule has 0 aromatic carbocycles. The van der Waals surface area contributed by atoms with E-state index >= 15 is 0 Å². The maximum Gasteiger partial charge on any atom is 0.0431 e. The van der Waals surface area contributed by atoms with E-state index in [4.69, 9.17) is 10.8 Å². The number of aliphatic hydroxyl groups is 1. The fraction of sp³-hybridized carbons (Fsp3) is 1.00. The van der Waals surface area contributed by atoms with Gasteiger partial charge in [-0.3, -0.25) is 0 Å². The number of unbranched alkanes of at least 4 members (excludes halogenated alkanes) is 2. The Morgan fingerprint density at radius 3 is 2.40 bits per heavy atom. The second kappa shape index (κ2) is 9.13. The zero-order valence-electron chi connectivity index (χ0n) is 10.4. The predicted molar refractivity (Wildman–Crippen MR) is 65.9 cm³/mol. The molecule has 0 aliphatic rings. The first-order valence-electron chi connectivity index (χ1n) is 6.30. The molecule has 15 heavy (non-hydrogen) atoms. The largest absolute Gasteiger partial charge is 0.396 e. The quantitative estimate of drug-likeness (QED) is 0.487. The molecule has 3 heteroatoms. The van der Waals surface area contributed by atoms with Crippen LogP contribution in [0.2, 0.25) is 0 Å². The Labute approximate surface area is 94.4 Å². The Morgan fingerprint density at radius 2 is 1.93 bits per heavy atom. The summed E-state index contributed by atoms with van der Waals surface area (Å²) in [6, 6.07) is 0. The van der Waals surface area contributed by atoms with Gasteiger partial charge in [0.25, 0.3) is 0 Å². The number of hydrogen-bond acceptors (Lipinski definition) is 3. The minimum Gasteiger partial charge on any atom is -0.396 e.